The molecule has 1 aromatic rings. The van der Waals surface area contributed by atoms with Crippen LogP contribution in [-0.2, 0) is 6.42 Å². The molecule has 0 radical (unpaired) electrons. The molecule has 0 aliphatic carbocycles. The van der Waals surface area contributed by atoms with Crippen molar-refractivity contribution in [2.75, 3.05) is 0 Å². The van der Waals surface area contributed by atoms with Crippen molar-refractivity contribution in [2.45, 2.75) is 20.3 Å². The van der Waals surface area contributed by atoms with Crippen LogP contribution in [0.5, 0.6) is 11.5 Å². The maximum Gasteiger partial charge on any atom is 0.176 e. The maximum atomic E-state index is 9.49. The Bertz CT molecular complexity index is 308. The van der Waals surface area contributed by atoms with Gasteiger partial charge in [-0.1, -0.05) is 31.5 Å². The van der Waals surface area contributed by atoms with Crippen molar-refractivity contribution in [3.8, 4) is 11.5 Å². The molecule has 0 spiro atoms. The van der Waals surface area contributed by atoms with Crippen molar-refractivity contribution in [2.24, 2.45) is 5.92 Å². The number of halogens is 1. The highest BCUT2D eigenvalue weighted by Crippen LogP contribution is 2.36. The molecule has 0 bridgehead atoms. The zero-order valence-corrected chi connectivity index (χ0v) is 8.47. The SMILES string of the molecule is CC(C)Cc1ccc(Cl)c(O)c1O. The molecular weight excluding hydrogens is 188 g/mol. The second-order valence-electron chi connectivity index (χ2n) is 3.50. The smallest absolute Gasteiger partial charge is 0.176 e. The monoisotopic (exact) mass is 200 g/mol. The van der Waals surface area contributed by atoms with Crippen LogP contribution in [0.25, 0.3) is 0 Å². The highest BCUT2D eigenvalue weighted by Gasteiger charge is 2.10. The molecule has 1 rings (SSSR count). The van der Waals surface area contributed by atoms with Gasteiger partial charge in [0.2, 0.25) is 0 Å². The lowest BCUT2D eigenvalue weighted by atomic mass is 10.0. The summed E-state index contributed by atoms with van der Waals surface area (Å²) in [6, 6.07) is 3.33. The summed E-state index contributed by atoms with van der Waals surface area (Å²) in [6.45, 7) is 4.09. The van der Waals surface area contributed by atoms with Gasteiger partial charge in [0, 0.05) is 0 Å². The van der Waals surface area contributed by atoms with E-state index in [4.69, 9.17) is 11.6 Å². The molecule has 13 heavy (non-hydrogen) atoms. The van der Waals surface area contributed by atoms with Gasteiger partial charge in [-0.25, -0.2) is 0 Å². The van der Waals surface area contributed by atoms with E-state index in [1.807, 2.05) is 13.8 Å². The summed E-state index contributed by atoms with van der Waals surface area (Å²) in [5, 5.41) is 19.0. The standard InChI is InChI=1S/C10H13ClO2/c1-6(2)5-7-3-4-8(11)10(13)9(7)12/h3-4,6,12-13H,5H2,1-2H3. The second kappa shape index (κ2) is 3.88. The van der Waals surface area contributed by atoms with Gasteiger partial charge in [0.25, 0.3) is 0 Å². The fourth-order valence-corrected chi connectivity index (χ4v) is 1.35. The van der Waals surface area contributed by atoms with Crippen LogP contribution in [0.3, 0.4) is 0 Å². The van der Waals surface area contributed by atoms with Gasteiger partial charge < -0.3 is 10.2 Å². The first-order valence-corrected chi connectivity index (χ1v) is 4.59. The Morgan fingerprint density at radius 2 is 1.85 bits per heavy atom. The van der Waals surface area contributed by atoms with Gasteiger partial charge in [-0.3, -0.25) is 0 Å². The normalized spacial score (nSPS) is 10.8. The Morgan fingerprint density at radius 1 is 1.23 bits per heavy atom. The van der Waals surface area contributed by atoms with Crippen molar-refractivity contribution in [1.29, 1.82) is 0 Å². The van der Waals surface area contributed by atoms with Crippen molar-refractivity contribution >= 4 is 11.6 Å². The molecule has 0 fully saturated rings. The van der Waals surface area contributed by atoms with E-state index in [0.717, 1.165) is 12.0 Å². The predicted molar refractivity (Wildman–Crippen MR) is 53.3 cm³/mol. The summed E-state index contributed by atoms with van der Waals surface area (Å²) in [6.07, 6.45) is 0.733. The van der Waals surface area contributed by atoms with E-state index in [1.165, 1.54) is 0 Å². The Morgan fingerprint density at radius 3 is 2.38 bits per heavy atom. The molecule has 0 aliphatic rings. The summed E-state index contributed by atoms with van der Waals surface area (Å²) < 4.78 is 0. The van der Waals surface area contributed by atoms with Gasteiger partial charge in [0.1, 0.15) is 0 Å². The van der Waals surface area contributed by atoms with E-state index >= 15 is 0 Å². The Hall–Kier alpha value is -0.890. The number of hydrogen-bond donors (Lipinski definition) is 2. The number of rotatable bonds is 2. The van der Waals surface area contributed by atoms with Crippen LogP contribution in [0, 0.1) is 5.92 Å². The van der Waals surface area contributed by atoms with Crippen LogP contribution in [-0.4, -0.2) is 10.2 Å². The van der Waals surface area contributed by atoms with E-state index in [2.05, 4.69) is 0 Å². The molecular formula is C10H13ClO2. The predicted octanol–water partition coefficient (Wildman–Crippen LogP) is 2.95. The molecule has 2 N–H and O–H groups in total. The van der Waals surface area contributed by atoms with Gasteiger partial charge in [-0.2, -0.15) is 0 Å². The third-order valence-electron chi connectivity index (χ3n) is 1.81. The van der Waals surface area contributed by atoms with Crippen LogP contribution in [0.1, 0.15) is 19.4 Å². The summed E-state index contributed by atoms with van der Waals surface area (Å²) in [5.41, 5.74) is 0.733. The van der Waals surface area contributed by atoms with Crippen LogP contribution in [0.4, 0.5) is 0 Å². The fourth-order valence-electron chi connectivity index (χ4n) is 1.20. The van der Waals surface area contributed by atoms with Gasteiger partial charge in [0.15, 0.2) is 11.5 Å². The molecule has 72 valence electrons. The third kappa shape index (κ3) is 2.28. The van der Waals surface area contributed by atoms with Crippen molar-refractivity contribution in [1.82, 2.24) is 0 Å². The maximum absolute atomic E-state index is 9.49. The first kappa shape index (κ1) is 10.2. The zero-order chi connectivity index (χ0) is 10.0. The minimum Gasteiger partial charge on any atom is -0.504 e. The number of phenolic OH excluding ortho intramolecular Hbond substituents is 2. The minimum absolute atomic E-state index is 0.0961. The molecule has 0 saturated heterocycles. The summed E-state index contributed by atoms with van der Waals surface area (Å²) in [7, 11) is 0. The Balaban J connectivity index is 3.04. The largest absolute Gasteiger partial charge is 0.504 e. The fraction of sp³-hybridized carbons (Fsp3) is 0.400. The van der Waals surface area contributed by atoms with Crippen LogP contribution < -0.4 is 0 Å². The number of benzene rings is 1. The van der Waals surface area contributed by atoms with Crippen molar-refractivity contribution in [3.05, 3.63) is 22.7 Å². The lowest BCUT2D eigenvalue weighted by Crippen LogP contribution is -1.94. The Labute approximate surface area is 82.8 Å². The summed E-state index contributed by atoms with van der Waals surface area (Å²) in [5.74, 6) is 0.118. The minimum atomic E-state index is -0.222. The molecule has 0 heterocycles. The molecule has 0 saturated carbocycles. The van der Waals surface area contributed by atoms with Gasteiger partial charge in [0.05, 0.1) is 5.02 Å². The first-order valence-electron chi connectivity index (χ1n) is 4.21. The van der Waals surface area contributed by atoms with Gasteiger partial charge in [-0.05, 0) is 24.0 Å². The number of phenols is 2. The summed E-state index contributed by atoms with van der Waals surface area (Å²) in [4.78, 5) is 0. The van der Waals surface area contributed by atoms with Crippen LogP contribution in [0.15, 0.2) is 12.1 Å². The molecule has 1 aromatic carbocycles. The summed E-state index contributed by atoms with van der Waals surface area (Å²) >= 11 is 5.61. The molecule has 0 unspecified atom stereocenters. The molecule has 0 aromatic heterocycles. The van der Waals surface area contributed by atoms with Crippen LogP contribution >= 0.6 is 11.6 Å². The topological polar surface area (TPSA) is 40.5 Å². The highest BCUT2D eigenvalue weighted by atomic mass is 35.5. The Kier molecular flexibility index (Phi) is 3.04. The zero-order valence-electron chi connectivity index (χ0n) is 7.71. The highest BCUT2D eigenvalue weighted by molar-refractivity contribution is 6.32. The number of aromatic hydroxyl groups is 2. The van der Waals surface area contributed by atoms with Crippen LogP contribution in [0.2, 0.25) is 5.02 Å². The van der Waals surface area contributed by atoms with E-state index in [-0.39, 0.29) is 16.5 Å². The average Bonchev–Trinajstić information content (AvgIpc) is 2.06. The van der Waals surface area contributed by atoms with E-state index in [0.29, 0.717) is 5.92 Å². The molecule has 3 heteroatoms. The van der Waals surface area contributed by atoms with E-state index < -0.39 is 0 Å². The lowest BCUT2D eigenvalue weighted by molar-refractivity contribution is 0.397. The van der Waals surface area contributed by atoms with Crippen molar-refractivity contribution < 1.29 is 10.2 Å². The quantitative estimate of drug-likeness (QED) is 0.721. The second-order valence-corrected chi connectivity index (χ2v) is 3.91. The lowest BCUT2D eigenvalue weighted by Gasteiger charge is -2.09. The van der Waals surface area contributed by atoms with E-state index in [9.17, 15) is 10.2 Å². The molecule has 0 atom stereocenters. The molecule has 0 amide bonds. The number of hydrogen-bond acceptors (Lipinski definition) is 2. The first-order chi connectivity index (χ1) is 6.02. The molecule has 0 aliphatic heterocycles. The van der Waals surface area contributed by atoms with Crippen molar-refractivity contribution in [3.63, 3.8) is 0 Å². The van der Waals surface area contributed by atoms with Gasteiger partial charge >= 0.3 is 0 Å². The molecule has 2 nitrogen and oxygen atoms in total. The van der Waals surface area contributed by atoms with E-state index in [1.54, 1.807) is 12.1 Å². The third-order valence-corrected chi connectivity index (χ3v) is 2.12. The van der Waals surface area contributed by atoms with Gasteiger partial charge in [-0.15, -0.1) is 0 Å². The average molecular weight is 201 g/mol.